The van der Waals surface area contributed by atoms with Crippen molar-refractivity contribution in [2.75, 3.05) is 0 Å². The van der Waals surface area contributed by atoms with E-state index in [0.717, 1.165) is 5.56 Å². The fourth-order valence-corrected chi connectivity index (χ4v) is 1.29. The summed E-state index contributed by atoms with van der Waals surface area (Å²) >= 11 is 0. The second-order valence-corrected chi connectivity index (χ2v) is 3.36. The molecule has 0 aliphatic heterocycles. The largest absolute Gasteiger partial charge is 0.481 e. The van der Waals surface area contributed by atoms with Crippen LogP contribution in [-0.2, 0) is 17.8 Å². The van der Waals surface area contributed by atoms with E-state index in [1.165, 1.54) is 0 Å². The van der Waals surface area contributed by atoms with Gasteiger partial charge in [0.05, 0.1) is 6.42 Å². The number of aliphatic carboxylic acids is 1. The van der Waals surface area contributed by atoms with Gasteiger partial charge in [-0.1, -0.05) is 35.5 Å². The van der Waals surface area contributed by atoms with E-state index < -0.39 is 5.97 Å². The zero-order valence-electron chi connectivity index (χ0n) is 8.87. The highest BCUT2D eigenvalue weighted by atomic mass is 16.6. The number of ether oxygens (including phenoxy) is 1. The van der Waals surface area contributed by atoms with Gasteiger partial charge < -0.3 is 9.84 Å². The summed E-state index contributed by atoms with van der Waals surface area (Å²) in [5, 5.41) is 15.6. The summed E-state index contributed by atoms with van der Waals surface area (Å²) in [6, 6.07) is 9.46. The first-order chi connectivity index (χ1) is 8.25. The monoisotopic (exact) mass is 234 g/mol. The van der Waals surface area contributed by atoms with Gasteiger partial charge in [-0.15, -0.1) is 0 Å². The molecule has 1 aromatic heterocycles. The molecule has 1 N–H and O–H groups in total. The number of carbonyl (C=O) groups is 1. The van der Waals surface area contributed by atoms with Crippen LogP contribution >= 0.6 is 0 Å². The van der Waals surface area contributed by atoms with Crippen LogP contribution in [0, 0.1) is 0 Å². The van der Waals surface area contributed by atoms with Crippen molar-refractivity contribution < 1.29 is 19.3 Å². The summed E-state index contributed by atoms with van der Waals surface area (Å²) < 4.78 is 9.78. The van der Waals surface area contributed by atoms with Crippen LogP contribution in [0.5, 0.6) is 5.88 Å². The van der Waals surface area contributed by atoms with E-state index in [4.69, 9.17) is 9.84 Å². The van der Waals surface area contributed by atoms with Crippen LogP contribution in [0.4, 0.5) is 0 Å². The molecular formula is C11H10N2O4. The Bertz CT molecular complexity index is 495. The van der Waals surface area contributed by atoms with Crippen LogP contribution in [0.2, 0.25) is 0 Å². The Morgan fingerprint density at radius 2 is 2.06 bits per heavy atom. The molecule has 88 valence electrons. The van der Waals surface area contributed by atoms with Crippen molar-refractivity contribution in [1.82, 2.24) is 10.3 Å². The number of benzene rings is 1. The maximum atomic E-state index is 10.5. The van der Waals surface area contributed by atoms with Crippen LogP contribution in [0.1, 0.15) is 11.3 Å². The molecule has 6 nitrogen and oxygen atoms in total. The molecule has 1 aromatic carbocycles. The number of hydrogen-bond acceptors (Lipinski definition) is 5. The lowest BCUT2D eigenvalue weighted by Crippen LogP contribution is -2.04. The van der Waals surface area contributed by atoms with Crippen molar-refractivity contribution in [1.29, 1.82) is 0 Å². The Labute approximate surface area is 96.8 Å². The molecule has 2 rings (SSSR count). The highest BCUT2D eigenvalue weighted by Gasteiger charge is 2.14. The van der Waals surface area contributed by atoms with Gasteiger partial charge in [-0.25, -0.2) is 4.63 Å². The van der Waals surface area contributed by atoms with Crippen molar-refractivity contribution in [2.24, 2.45) is 0 Å². The first-order valence-electron chi connectivity index (χ1n) is 4.95. The average Bonchev–Trinajstić information content (AvgIpc) is 2.74. The molecule has 0 radical (unpaired) electrons. The Morgan fingerprint density at radius 1 is 1.29 bits per heavy atom. The lowest BCUT2D eigenvalue weighted by Gasteiger charge is -2.02. The minimum Gasteiger partial charge on any atom is -0.481 e. The molecule has 17 heavy (non-hydrogen) atoms. The molecule has 6 heteroatoms. The first kappa shape index (κ1) is 11.1. The quantitative estimate of drug-likeness (QED) is 0.838. The maximum Gasteiger partial charge on any atom is 0.309 e. The lowest BCUT2D eigenvalue weighted by atomic mass is 10.2. The van der Waals surface area contributed by atoms with Crippen molar-refractivity contribution in [3.05, 3.63) is 41.6 Å². The van der Waals surface area contributed by atoms with Gasteiger partial charge in [0.15, 0.2) is 5.69 Å². The van der Waals surface area contributed by atoms with Crippen LogP contribution < -0.4 is 4.74 Å². The van der Waals surface area contributed by atoms with E-state index in [1.807, 2.05) is 30.3 Å². The third kappa shape index (κ3) is 3.04. The maximum absolute atomic E-state index is 10.5. The summed E-state index contributed by atoms with van der Waals surface area (Å²) in [5.41, 5.74) is 1.14. The lowest BCUT2D eigenvalue weighted by molar-refractivity contribution is -0.136. The zero-order chi connectivity index (χ0) is 12.1. The van der Waals surface area contributed by atoms with Crippen molar-refractivity contribution in [3.63, 3.8) is 0 Å². The molecule has 0 unspecified atom stereocenters. The van der Waals surface area contributed by atoms with Crippen LogP contribution in [0.15, 0.2) is 35.0 Å². The second kappa shape index (κ2) is 5.11. The highest BCUT2D eigenvalue weighted by Crippen LogP contribution is 2.15. The van der Waals surface area contributed by atoms with Gasteiger partial charge >= 0.3 is 5.97 Å². The zero-order valence-corrected chi connectivity index (χ0v) is 8.87. The van der Waals surface area contributed by atoms with Crippen molar-refractivity contribution in [3.8, 4) is 5.88 Å². The number of carboxylic acid groups (broad SMARTS) is 1. The standard InChI is InChI=1S/C11H10N2O4/c14-10(15)6-9-11(13-17-12-9)16-7-8-4-2-1-3-5-8/h1-5H,6-7H2,(H,14,15). The summed E-state index contributed by atoms with van der Waals surface area (Å²) in [6.07, 6.45) is -0.270. The average molecular weight is 234 g/mol. The number of aromatic nitrogens is 2. The summed E-state index contributed by atoms with van der Waals surface area (Å²) in [7, 11) is 0. The molecule has 0 bridgehead atoms. The number of rotatable bonds is 5. The second-order valence-electron chi connectivity index (χ2n) is 3.36. The smallest absolute Gasteiger partial charge is 0.309 e. The Hall–Kier alpha value is -2.37. The summed E-state index contributed by atoms with van der Waals surface area (Å²) in [5.74, 6) is -0.887. The van der Waals surface area contributed by atoms with E-state index in [1.54, 1.807) is 0 Å². The van der Waals surface area contributed by atoms with E-state index in [-0.39, 0.29) is 18.0 Å². The van der Waals surface area contributed by atoms with Crippen molar-refractivity contribution in [2.45, 2.75) is 13.0 Å². The van der Waals surface area contributed by atoms with Gasteiger partial charge in [0.2, 0.25) is 0 Å². The first-order valence-corrected chi connectivity index (χ1v) is 4.95. The number of hydrogen-bond donors (Lipinski definition) is 1. The van der Waals surface area contributed by atoms with Gasteiger partial charge in [0, 0.05) is 0 Å². The summed E-state index contributed by atoms with van der Waals surface area (Å²) in [4.78, 5) is 10.5. The molecule has 0 amide bonds. The Morgan fingerprint density at radius 3 is 2.76 bits per heavy atom. The number of nitrogens with zero attached hydrogens (tertiary/aromatic N) is 2. The van der Waals surface area contributed by atoms with E-state index in [0.29, 0.717) is 6.61 Å². The molecule has 0 saturated heterocycles. The van der Waals surface area contributed by atoms with Crippen LogP contribution in [-0.4, -0.2) is 21.4 Å². The molecule has 0 atom stereocenters. The molecule has 2 aromatic rings. The van der Waals surface area contributed by atoms with Gasteiger partial charge in [0.1, 0.15) is 6.61 Å². The van der Waals surface area contributed by atoms with Gasteiger partial charge in [-0.2, -0.15) is 0 Å². The van der Waals surface area contributed by atoms with Gasteiger partial charge in [0.25, 0.3) is 5.88 Å². The Balaban J connectivity index is 2.00. The van der Waals surface area contributed by atoms with E-state index in [2.05, 4.69) is 14.9 Å². The third-order valence-corrected chi connectivity index (χ3v) is 2.06. The highest BCUT2D eigenvalue weighted by molar-refractivity contribution is 5.70. The molecule has 0 fully saturated rings. The molecule has 0 spiro atoms. The molecule has 0 aliphatic rings. The predicted molar refractivity (Wildman–Crippen MR) is 56.4 cm³/mol. The van der Waals surface area contributed by atoms with Crippen LogP contribution in [0.25, 0.3) is 0 Å². The number of carboxylic acids is 1. The topological polar surface area (TPSA) is 85.5 Å². The van der Waals surface area contributed by atoms with Crippen LogP contribution in [0.3, 0.4) is 0 Å². The van der Waals surface area contributed by atoms with Gasteiger partial charge in [-0.3, -0.25) is 4.79 Å². The summed E-state index contributed by atoms with van der Waals surface area (Å²) in [6.45, 7) is 0.293. The Kier molecular flexibility index (Phi) is 3.34. The fraction of sp³-hybridized carbons (Fsp3) is 0.182. The van der Waals surface area contributed by atoms with Crippen molar-refractivity contribution >= 4 is 5.97 Å². The van der Waals surface area contributed by atoms with Gasteiger partial charge in [-0.05, 0) is 10.7 Å². The van der Waals surface area contributed by atoms with E-state index >= 15 is 0 Å². The molecule has 0 aliphatic carbocycles. The fourth-order valence-electron chi connectivity index (χ4n) is 1.29. The predicted octanol–water partition coefficient (Wildman–Crippen LogP) is 1.28. The minimum atomic E-state index is -1.01. The third-order valence-electron chi connectivity index (χ3n) is 2.06. The minimum absolute atomic E-state index is 0.122. The normalized spacial score (nSPS) is 10.1. The molecule has 1 heterocycles. The molecule has 0 saturated carbocycles. The molecular weight excluding hydrogens is 224 g/mol. The van der Waals surface area contributed by atoms with E-state index in [9.17, 15) is 4.79 Å². The SMILES string of the molecule is O=C(O)Cc1nonc1OCc1ccccc1.